The van der Waals surface area contributed by atoms with E-state index in [2.05, 4.69) is 15.3 Å². The van der Waals surface area contributed by atoms with Crippen LogP contribution in [-0.2, 0) is 34.8 Å². The van der Waals surface area contributed by atoms with Gasteiger partial charge in [0.1, 0.15) is 12.6 Å². The first kappa shape index (κ1) is 26.2. The number of fused-ring (bicyclic) bond motifs is 1. The van der Waals surface area contributed by atoms with Crippen molar-refractivity contribution in [3.05, 3.63) is 23.0 Å². The zero-order valence-corrected chi connectivity index (χ0v) is 21.5. The van der Waals surface area contributed by atoms with Crippen LogP contribution in [0.1, 0.15) is 27.0 Å². The zero-order chi connectivity index (χ0) is 25.2. The number of carbonyl (C=O) groups is 1. The van der Waals surface area contributed by atoms with Crippen molar-refractivity contribution in [2.75, 3.05) is 46.0 Å². The molecule has 3 unspecified atom stereocenters. The van der Waals surface area contributed by atoms with E-state index in [1.165, 1.54) is 17.2 Å². The number of nitrogens with zero attached hydrogens (tertiary/aromatic N) is 5. The Morgan fingerprint density at radius 3 is 2.71 bits per heavy atom. The number of morpholine rings is 2. The average molecular weight is 533 g/mol. The molecule has 2 aliphatic heterocycles. The van der Waals surface area contributed by atoms with E-state index >= 15 is 0 Å². The van der Waals surface area contributed by atoms with E-state index in [4.69, 9.17) is 30.0 Å². The van der Waals surface area contributed by atoms with E-state index in [1.54, 1.807) is 30.0 Å². The van der Waals surface area contributed by atoms with E-state index in [-0.39, 0.29) is 18.9 Å². The van der Waals surface area contributed by atoms with Crippen molar-refractivity contribution < 1.29 is 28.1 Å². The molecule has 0 amide bonds. The molecule has 2 aromatic rings. The summed E-state index contributed by atoms with van der Waals surface area (Å²) in [4.78, 5) is 33.4. The van der Waals surface area contributed by atoms with Crippen LogP contribution in [0.3, 0.4) is 0 Å². The molecule has 2 aliphatic rings. The smallest absolute Gasteiger partial charge is 0.363 e. The maximum absolute atomic E-state index is 12.8. The van der Waals surface area contributed by atoms with Crippen molar-refractivity contribution in [3.8, 4) is 0 Å². The fourth-order valence-electron chi connectivity index (χ4n) is 3.59. The van der Waals surface area contributed by atoms with Crippen LogP contribution in [0.15, 0.2) is 17.4 Å². The number of rotatable bonds is 7. The van der Waals surface area contributed by atoms with Gasteiger partial charge in [0.25, 0.3) is 5.56 Å². The highest BCUT2D eigenvalue weighted by Crippen LogP contribution is 2.56. The molecule has 0 bridgehead atoms. The molecule has 4 rings (SSSR count). The number of imidazole rings is 1. The summed E-state index contributed by atoms with van der Waals surface area (Å²) < 4.78 is 39.3. The average Bonchev–Trinajstić information content (AvgIpc) is 3.27. The van der Waals surface area contributed by atoms with Gasteiger partial charge in [-0.2, -0.15) is 0 Å². The third-order valence-corrected chi connectivity index (χ3v) is 8.07. The molecule has 2 saturated heterocycles. The molecule has 35 heavy (non-hydrogen) atoms. The Labute approximate surface area is 206 Å². The maximum Gasteiger partial charge on any atom is 0.363 e. The highest BCUT2D eigenvalue weighted by atomic mass is 35.7. The van der Waals surface area contributed by atoms with Gasteiger partial charge < -0.3 is 24.1 Å². The highest BCUT2D eigenvalue weighted by molar-refractivity contribution is 7.83. The lowest BCUT2D eigenvalue weighted by atomic mass is 9.98. The number of hydrogen-bond acceptors (Lipinski definition) is 10. The van der Waals surface area contributed by atoms with Crippen LogP contribution in [0.25, 0.3) is 11.2 Å². The molecule has 15 heteroatoms. The Bertz CT molecular complexity index is 1160. The third-order valence-electron chi connectivity index (χ3n) is 5.59. The monoisotopic (exact) mass is 532 g/mol. The van der Waals surface area contributed by atoms with Gasteiger partial charge in [-0.15, -0.1) is 0 Å². The van der Waals surface area contributed by atoms with E-state index in [9.17, 15) is 14.2 Å². The molecule has 0 saturated carbocycles. The van der Waals surface area contributed by atoms with Gasteiger partial charge in [-0.25, -0.2) is 14.6 Å². The SMILES string of the molecule is CC(C)(C)C(=O)OCn1cnc2c(ncn2C2CNCC(COP(=O)(Cl)N3CCOCC3)O2)c1=O. The van der Waals surface area contributed by atoms with Gasteiger partial charge in [0.05, 0.1) is 37.7 Å². The quantitative estimate of drug-likeness (QED) is 0.408. The van der Waals surface area contributed by atoms with Gasteiger partial charge in [-0.3, -0.25) is 23.3 Å². The number of halogens is 1. The van der Waals surface area contributed by atoms with Crippen molar-refractivity contribution >= 4 is 35.2 Å². The second kappa shape index (κ2) is 10.6. The summed E-state index contributed by atoms with van der Waals surface area (Å²) in [6, 6.07) is 0. The van der Waals surface area contributed by atoms with Gasteiger partial charge >= 0.3 is 12.8 Å². The lowest BCUT2D eigenvalue weighted by Crippen LogP contribution is -2.44. The van der Waals surface area contributed by atoms with E-state index in [0.29, 0.717) is 45.0 Å². The van der Waals surface area contributed by atoms with Crippen LogP contribution >= 0.6 is 18.1 Å². The predicted octanol–water partition coefficient (Wildman–Crippen LogP) is 1.32. The first-order valence-electron chi connectivity index (χ1n) is 11.3. The topological polar surface area (TPSA) is 139 Å². The van der Waals surface area contributed by atoms with Crippen LogP contribution in [0.5, 0.6) is 0 Å². The standard InChI is InChI=1S/C20H30ClN6O7P/c1-20(2,3)19(29)32-13-25-11-24-17-16(18(25)28)23-12-27(17)15-9-22-8-14(34-15)10-33-35(21,30)26-4-6-31-7-5-26/h11-12,14-15,22H,4-10,13H2,1-3H3. The van der Waals surface area contributed by atoms with E-state index in [0.717, 1.165) is 0 Å². The molecule has 3 atom stereocenters. The highest BCUT2D eigenvalue weighted by Gasteiger charge is 2.34. The van der Waals surface area contributed by atoms with Crippen LogP contribution in [-0.4, -0.2) is 81.8 Å². The van der Waals surface area contributed by atoms with Crippen LogP contribution in [0.2, 0.25) is 0 Å². The van der Waals surface area contributed by atoms with Crippen molar-refractivity contribution in [2.45, 2.75) is 39.8 Å². The summed E-state index contributed by atoms with van der Waals surface area (Å²) in [6.07, 6.45) is 1.82. The minimum absolute atomic E-state index is 0.0215. The zero-order valence-electron chi connectivity index (χ0n) is 19.9. The number of aromatic nitrogens is 4. The molecule has 13 nitrogen and oxygen atoms in total. The molecule has 0 aliphatic carbocycles. The van der Waals surface area contributed by atoms with Crippen LogP contribution in [0.4, 0.5) is 0 Å². The Hall–Kier alpha value is -1.86. The third kappa shape index (κ3) is 6.11. The first-order valence-corrected chi connectivity index (χ1v) is 13.8. The normalized spacial score (nSPS) is 23.8. The Morgan fingerprint density at radius 1 is 1.26 bits per heavy atom. The first-order chi connectivity index (χ1) is 16.6. The van der Waals surface area contributed by atoms with E-state index < -0.39 is 36.1 Å². The van der Waals surface area contributed by atoms with Crippen molar-refractivity contribution in [2.24, 2.45) is 5.41 Å². The molecular weight excluding hydrogens is 503 g/mol. The number of esters is 1. The lowest BCUT2D eigenvalue weighted by molar-refractivity contribution is -0.157. The van der Waals surface area contributed by atoms with Gasteiger partial charge in [0.2, 0.25) is 0 Å². The molecular formula is C20H30ClN6O7P. The molecule has 0 spiro atoms. The number of ether oxygens (including phenoxy) is 3. The summed E-state index contributed by atoms with van der Waals surface area (Å²) >= 11 is 6.18. The molecule has 2 aromatic heterocycles. The Morgan fingerprint density at radius 2 is 2.00 bits per heavy atom. The van der Waals surface area contributed by atoms with Gasteiger partial charge in [0, 0.05) is 26.2 Å². The van der Waals surface area contributed by atoms with Gasteiger partial charge in [0.15, 0.2) is 17.9 Å². The van der Waals surface area contributed by atoms with Gasteiger partial charge in [-0.1, -0.05) is 0 Å². The maximum atomic E-state index is 12.8. The summed E-state index contributed by atoms with van der Waals surface area (Å²) in [7, 11) is 0. The van der Waals surface area contributed by atoms with E-state index in [1.807, 2.05) is 0 Å². The van der Waals surface area contributed by atoms with Crippen LogP contribution in [0, 0.1) is 5.41 Å². The summed E-state index contributed by atoms with van der Waals surface area (Å²) in [5, 5.41) is 3.24. The number of nitrogens with one attached hydrogen (secondary N) is 1. The largest absolute Gasteiger partial charge is 0.443 e. The lowest BCUT2D eigenvalue weighted by Gasteiger charge is -2.33. The number of carbonyl (C=O) groups excluding carboxylic acids is 1. The van der Waals surface area contributed by atoms with Crippen molar-refractivity contribution in [3.63, 3.8) is 0 Å². The fourth-order valence-corrected chi connectivity index (χ4v) is 5.37. The minimum Gasteiger partial charge on any atom is -0.443 e. The second-order valence-corrected chi connectivity index (χ2v) is 12.3. The van der Waals surface area contributed by atoms with Crippen molar-refractivity contribution in [1.29, 1.82) is 0 Å². The summed E-state index contributed by atoms with van der Waals surface area (Å²) in [5.41, 5.74) is -0.669. The number of hydrogen-bond donors (Lipinski definition) is 1. The van der Waals surface area contributed by atoms with Crippen molar-refractivity contribution in [1.82, 2.24) is 29.1 Å². The van der Waals surface area contributed by atoms with Gasteiger partial charge in [-0.05, 0) is 32.0 Å². The molecule has 2 fully saturated rings. The molecule has 194 valence electrons. The molecule has 0 aromatic carbocycles. The molecule has 1 N–H and O–H groups in total. The Kier molecular flexibility index (Phi) is 7.96. The predicted molar refractivity (Wildman–Crippen MR) is 126 cm³/mol. The second-order valence-electron chi connectivity index (χ2n) is 9.34. The van der Waals surface area contributed by atoms with Crippen LogP contribution < -0.4 is 10.9 Å². The minimum atomic E-state index is -3.48. The Balaban J connectivity index is 1.41. The fraction of sp³-hybridized carbons (Fsp3) is 0.700. The summed E-state index contributed by atoms with van der Waals surface area (Å²) in [6.45, 7) is 4.16. The molecule has 4 heterocycles. The summed E-state index contributed by atoms with van der Waals surface area (Å²) in [5.74, 6) is -0.430. The molecule has 0 radical (unpaired) electrons.